The number of hydrogen-bond acceptors (Lipinski definition) is 4. The van der Waals surface area contributed by atoms with Crippen molar-refractivity contribution in [3.8, 4) is 5.75 Å². The lowest BCUT2D eigenvalue weighted by molar-refractivity contribution is 0.208. The van der Waals surface area contributed by atoms with Crippen LogP contribution in [0.3, 0.4) is 0 Å². The van der Waals surface area contributed by atoms with Crippen molar-refractivity contribution < 1.29 is 9.84 Å². The van der Waals surface area contributed by atoms with Gasteiger partial charge >= 0.3 is 0 Å². The predicted octanol–water partition coefficient (Wildman–Crippen LogP) is 1.46. The molecule has 1 atom stereocenters. The van der Waals surface area contributed by atoms with Gasteiger partial charge in [0.2, 0.25) is 0 Å². The van der Waals surface area contributed by atoms with E-state index in [-0.39, 0.29) is 12.6 Å². The third kappa shape index (κ3) is 2.53. The maximum absolute atomic E-state index is 8.92. The van der Waals surface area contributed by atoms with Crippen LogP contribution in [0.15, 0.2) is 18.2 Å². The van der Waals surface area contributed by atoms with E-state index in [9.17, 15) is 0 Å². The maximum Gasteiger partial charge on any atom is 0.144 e. The lowest BCUT2D eigenvalue weighted by Crippen LogP contribution is -2.34. The molecule has 1 heterocycles. The molecular formula is C11H18N2O2. The van der Waals surface area contributed by atoms with Crippen LogP contribution < -0.4 is 15.8 Å². The molecular weight excluding hydrogens is 192 g/mol. The molecule has 1 aromatic carbocycles. The second-order valence-electron chi connectivity index (χ2n) is 3.06. The molecule has 84 valence electrons. The number of aliphatic hydroxyl groups is 1. The first-order valence-corrected chi connectivity index (χ1v) is 5.20. The predicted molar refractivity (Wildman–Crippen MR) is 62.2 cm³/mol. The van der Waals surface area contributed by atoms with Gasteiger partial charge in [0, 0.05) is 0 Å². The minimum absolute atomic E-state index is 0.0494. The molecule has 4 heteroatoms. The highest BCUT2D eigenvalue weighted by Crippen LogP contribution is 2.33. The Kier molecular flexibility index (Phi) is 4.24. The van der Waals surface area contributed by atoms with Gasteiger partial charge in [-0.2, -0.15) is 0 Å². The lowest BCUT2D eigenvalue weighted by atomic mass is 10.2. The van der Waals surface area contributed by atoms with Crippen LogP contribution >= 0.6 is 0 Å². The smallest absolute Gasteiger partial charge is 0.144 e. The summed E-state index contributed by atoms with van der Waals surface area (Å²) in [7, 11) is 0. The van der Waals surface area contributed by atoms with Crippen LogP contribution in [-0.4, -0.2) is 24.4 Å². The highest BCUT2D eigenvalue weighted by atomic mass is 16.5. The monoisotopic (exact) mass is 210 g/mol. The Morgan fingerprint density at radius 2 is 2.27 bits per heavy atom. The Morgan fingerprint density at radius 1 is 1.53 bits per heavy atom. The lowest BCUT2D eigenvalue weighted by Gasteiger charge is -2.26. The molecule has 15 heavy (non-hydrogen) atoms. The van der Waals surface area contributed by atoms with Crippen molar-refractivity contribution in [1.82, 2.24) is 0 Å². The minimum Gasteiger partial charge on any atom is -0.489 e. The van der Waals surface area contributed by atoms with E-state index in [1.54, 1.807) is 6.07 Å². The number of nitrogens with one attached hydrogen (secondary N) is 1. The number of fused-ring (bicyclic) bond motifs is 1. The van der Waals surface area contributed by atoms with Gasteiger partial charge in [0.15, 0.2) is 0 Å². The van der Waals surface area contributed by atoms with E-state index < -0.39 is 0 Å². The van der Waals surface area contributed by atoms with Gasteiger partial charge in [-0.1, -0.05) is 19.9 Å². The summed E-state index contributed by atoms with van der Waals surface area (Å²) in [5, 5.41) is 12.0. The van der Waals surface area contributed by atoms with E-state index >= 15 is 0 Å². The van der Waals surface area contributed by atoms with Crippen LogP contribution in [-0.2, 0) is 0 Å². The molecule has 0 fully saturated rings. The van der Waals surface area contributed by atoms with Crippen LogP contribution in [0.1, 0.15) is 13.8 Å². The SMILES string of the molecule is CC.Nc1cccc2c1NC(CO)CO2. The number of aliphatic hydroxyl groups excluding tert-OH is 1. The summed E-state index contributed by atoms with van der Waals surface area (Å²) in [6.45, 7) is 4.53. The molecule has 1 unspecified atom stereocenters. The number of anilines is 2. The number of rotatable bonds is 1. The summed E-state index contributed by atoms with van der Waals surface area (Å²) < 4.78 is 5.41. The van der Waals surface area contributed by atoms with E-state index in [2.05, 4.69) is 5.32 Å². The highest BCUT2D eigenvalue weighted by Gasteiger charge is 2.19. The average molecular weight is 210 g/mol. The first-order chi connectivity index (χ1) is 7.31. The fraction of sp³-hybridized carbons (Fsp3) is 0.455. The Hall–Kier alpha value is -1.42. The first-order valence-electron chi connectivity index (χ1n) is 5.20. The normalized spacial score (nSPS) is 17.7. The van der Waals surface area contributed by atoms with E-state index in [1.807, 2.05) is 26.0 Å². The third-order valence-corrected chi connectivity index (χ3v) is 2.07. The fourth-order valence-electron chi connectivity index (χ4n) is 1.36. The van der Waals surface area contributed by atoms with Gasteiger partial charge in [-0.25, -0.2) is 0 Å². The van der Waals surface area contributed by atoms with Crippen molar-refractivity contribution in [2.45, 2.75) is 19.9 Å². The second-order valence-corrected chi connectivity index (χ2v) is 3.06. The standard InChI is InChI=1S/C9H12N2O2.C2H6/c10-7-2-1-3-8-9(7)11-6(4-12)5-13-8;1-2/h1-3,6,11-12H,4-5,10H2;1-2H3. The van der Waals surface area contributed by atoms with Gasteiger partial charge in [-0.3, -0.25) is 0 Å². The summed E-state index contributed by atoms with van der Waals surface area (Å²) in [4.78, 5) is 0. The number of nitrogens with two attached hydrogens (primary N) is 1. The summed E-state index contributed by atoms with van der Waals surface area (Å²) in [5.74, 6) is 0.754. The zero-order chi connectivity index (χ0) is 11.3. The molecule has 0 aliphatic carbocycles. The van der Waals surface area contributed by atoms with E-state index in [4.69, 9.17) is 15.6 Å². The van der Waals surface area contributed by atoms with E-state index in [0.717, 1.165) is 11.4 Å². The molecule has 0 saturated heterocycles. The fourth-order valence-corrected chi connectivity index (χ4v) is 1.36. The zero-order valence-electron chi connectivity index (χ0n) is 9.16. The summed E-state index contributed by atoms with van der Waals surface area (Å²) in [6, 6.07) is 5.44. The largest absolute Gasteiger partial charge is 0.489 e. The second kappa shape index (κ2) is 5.46. The molecule has 0 amide bonds. The number of para-hydroxylation sites is 1. The van der Waals surface area contributed by atoms with Crippen LogP contribution in [0, 0.1) is 0 Å². The molecule has 1 aromatic rings. The molecule has 0 saturated carbocycles. The first kappa shape index (κ1) is 11.7. The van der Waals surface area contributed by atoms with Crippen molar-refractivity contribution in [1.29, 1.82) is 0 Å². The molecule has 2 rings (SSSR count). The van der Waals surface area contributed by atoms with Crippen LogP contribution in [0.4, 0.5) is 11.4 Å². The third-order valence-electron chi connectivity index (χ3n) is 2.07. The number of ether oxygens (including phenoxy) is 1. The summed E-state index contributed by atoms with van der Waals surface area (Å²) in [6.07, 6.45) is 0. The summed E-state index contributed by atoms with van der Waals surface area (Å²) >= 11 is 0. The Morgan fingerprint density at radius 3 is 2.93 bits per heavy atom. The molecule has 4 nitrogen and oxygen atoms in total. The molecule has 1 aliphatic heterocycles. The number of hydrogen-bond donors (Lipinski definition) is 3. The van der Waals surface area contributed by atoms with Gasteiger partial charge < -0.3 is 20.9 Å². The molecule has 0 spiro atoms. The Bertz CT molecular complexity index is 315. The maximum atomic E-state index is 8.92. The Balaban J connectivity index is 0.000000531. The van der Waals surface area contributed by atoms with E-state index in [1.165, 1.54) is 0 Å². The van der Waals surface area contributed by atoms with Crippen molar-refractivity contribution in [2.24, 2.45) is 0 Å². The van der Waals surface area contributed by atoms with E-state index in [0.29, 0.717) is 12.3 Å². The van der Waals surface area contributed by atoms with Crippen molar-refractivity contribution in [3.05, 3.63) is 18.2 Å². The highest BCUT2D eigenvalue weighted by molar-refractivity contribution is 5.74. The van der Waals surface area contributed by atoms with Crippen LogP contribution in [0.5, 0.6) is 5.75 Å². The van der Waals surface area contributed by atoms with Gasteiger partial charge in [0.25, 0.3) is 0 Å². The number of nitrogen functional groups attached to an aromatic ring is 1. The average Bonchev–Trinajstić information content (AvgIpc) is 2.32. The van der Waals surface area contributed by atoms with Gasteiger partial charge in [-0.05, 0) is 12.1 Å². The topological polar surface area (TPSA) is 67.5 Å². The van der Waals surface area contributed by atoms with Crippen molar-refractivity contribution in [2.75, 3.05) is 24.3 Å². The quantitative estimate of drug-likeness (QED) is 0.614. The van der Waals surface area contributed by atoms with Gasteiger partial charge in [-0.15, -0.1) is 0 Å². The molecule has 1 aliphatic rings. The molecule has 0 bridgehead atoms. The minimum atomic E-state index is -0.0581. The van der Waals surface area contributed by atoms with Crippen molar-refractivity contribution in [3.63, 3.8) is 0 Å². The van der Waals surface area contributed by atoms with Gasteiger partial charge in [0.1, 0.15) is 18.0 Å². The molecule has 4 N–H and O–H groups in total. The molecule has 0 radical (unpaired) electrons. The number of benzene rings is 1. The Labute approximate surface area is 90.1 Å². The van der Waals surface area contributed by atoms with Crippen molar-refractivity contribution >= 4 is 11.4 Å². The zero-order valence-corrected chi connectivity index (χ0v) is 9.16. The summed E-state index contributed by atoms with van der Waals surface area (Å²) in [5.41, 5.74) is 7.17. The molecule has 0 aromatic heterocycles. The van der Waals surface area contributed by atoms with Crippen LogP contribution in [0.25, 0.3) is 0 Å². The van der Waals surface area contributed by atoms with Gasteiger partial charge in [0.05, 0.1) is 18.3 Å². The van der Waals surface area contributed by atoms with Crippen LogP contribution in [0.2, 0.25) is 0 Å².